The van der Waals surface area contributed by atoms with Crippen LogP contribution in [0.2, 0.25) is 5.02 Å². The fraction of sp³-hybridized carbons (Fsp3) is 0.158. The fourth-order valence-electron chi connectivity index (χ4n) is 3.20. The zero-order chi connectivity index (χ0) is 19.3. The smallest absolute Gasteiger partial charge is 0.306 e. The largest absolute Gasteiger partial charge is 0.326 e. The molecule has 0 unspecified atom stereocenters. The molecule has 1 aliphatic rings. The predicted molar refractivity (Wildman–Crippen MR) is 106 cm³/mol. The average Bonchev–Trinajstić information content (AvgIpc) is 3.31. The Balaban J connectivity index is 1.38. The number of benzene rings is 2. The van der Waals surface area contributed by atoms with Gasteiger partial charge in [0.15, 0.2) is 5.82 Å². The van der Waals surface area contributed by atoms with Gasteiger partial charge in [0.25, 0.3) is 5.91 Å². The van der Waals surface area contributed by atoms with Gasteiger partial charge < -0.3 is 4.98 Å². The van der Waals surface area contributed by atoms with Gasteiger partial charge in [-0.25, -0.2) is 4.79 Å². The number of hydrogen-bond donors (Lipinski definition) is 3. The Morgan fingerprint density at radius 1 is 1.18 bits per heavy atom. The molecule has 3 N–H and O–H groups in total. The van der Waals surface area contributed by atoms with Crippen molar-refractivity contribution in [1.29, 1.82) is 0 Å². The summed E-state index contributed by atoms with van der Waals surface area (Å²) in [5.41, 5.74) is 2.53. The quantitative estimate of drug-likeness (QED) is 0.493. The monoisotopic (exact) mass is 394 g/mol. The van der Waals surface area contributed by atoms with Gasteiger partial charge in [-0.15, -0.1) is 5.10 Å². The van der Waals surface area contributed by atoms with E-state index in [0.717, 1.165) is 23.9 Å². The van der Waals surface area contributed by atoms with Gasteiger partial charge in [-0.05, 0) is 55.3 Å². The first-order valence-corrected chi connectivity index (χ1v) is 9.20. The van der Waals surface area contributed by atoms with Crippen LogP contribution in [0.3, 0.4) is 0 Å². The Morgan fingerprint density at radius 3 is 2.71 bits per heavy atom. The maximum atomic E-state index is 12.6. The summed E-state index contributed by atoms with van der Waals surface area (Å²) in [5, 5.41) is 10.1. The fourth-order valence-corrected chi connectivity index (χ4v) is 3.32. The van der Waals surface area contributed by atoms with Crippen LogP contribution in [0.25, 0.3) is 22.4 Å². The number of fused-ring (bicyclic) bond motifs is 1. The second kappa shape index (κ2) is 6.35. The van der Waals surface area contributed by atoms with E-state index in [1.807, 2.05) is 12.1 Å². The Kier molecular flexibility index (Phi) is 3.80. The first kappa shape index (κ1) is 16.8. The van der Waals surface area contributed by atoms with Gasteiger partial charge in [-0.2, -0.15) is 4.98 Å². The Morgan fingerprint density at radius 2 is 1.96 bits per heavy atom. The van der Waals surface area contributed by atoms with Gasteiger partial charge in [-0.1, -0.05) is 11.6 Å². The standard InChI is InChI=1S/C19H15ClN6O2/c20-12-4-1-10(2-5-12)16-22-18(25-24-16)23-17(27)11-3-8-15-14(9-11)21-19(28)26(15)13-6-7-13/h1-5,8-9,13H,6-7H2,(H,21,28)(H2,22,23,24,25,27). The van der Waals surface area contributed by atoms with E-state index in [-0.39, 0.29) is 23.6 Å². The number of amides is 1. The van der Waals surface area contributed by atoms with E-state index in [4.69, 9.17) is 11.6 Å². The van der Waals surface area contributed by atoms with Crippen LogP contribution < -0.4 is 11.0 Å². The molecule has 1 aliphatic carbocycles. The van der Waals surface area contributed by atoms with Crippen molar-refractivity contribution < 1.29 is 4.79 Å². The average molecular weight is 395 g/mol. The van der Waals surface area contributed by atoms with Crippen LogP contribution in [-0.2, 0) is 0 Å². The number of aromatic nitrogens is 5. The van der Waals surface area contributed by atoms with Crippen LogP contribution in [0.15, 0.2) is 47.3 Å². The van der Waals surface area contributed by atoms with E-state index in [9.17, 15) is 9.59 Å². The van der Waals surface area contributed by atoms with Crippen LogP contribution in [0.4, 0.5) is 5.95 Å². The molecule has 0 radical (unpaired) electrons. The molecule has 2 aromatic carbocycles. The van der Waals surface area contributed by atoms with Crippen molar-refractivity contribution in [2.24, 2.45) is 0 Å². The van der Waals surface area contributed by atoms with Crippen molar-refractivity contribution in [2.45, 2.75) is 18.9 Å². The molecule has 1 amide bonds. The maximum Gasteiger partial charge on any atom is 0.326 e. The van der Waals surface area contributed by atoms with Crippen molar-refractivity contribution in [3.8, 4) is 11.4 Å². The summed E-state index contributed by atoms with van der Waals surface area (Å²) >= 11 is 5.89. The lowest BCUT2D eigenvalue weighted by Crippen LogP contribution is -2.14. The number of nitrogens with one attached hydrogen (secondary N) is 3. The lowest BCUT2D eigenvalue weighted by Gasteiger charge is -2.03. The summed E-state index contributed by atoms with van der Waals surface area (Å²) < 4.78 is 1.75. The van der Waals surface area contributed by atoms with Crippen molar-refractivity contribution >= 4 is 34.5 Å². The lowest BCUT2D eigenvalue weighted by molar-refractivity contribution is 0.102. The van der Waals surface area contributed by atoms with E-state index in [2.05, 4.69) is 25.5 Å². The third-order valence-corrected chi connectivity index (χ3v) is 4.97. The Labute approximate surface area is 163 Å². The van der Waals surface area contributed by atoms with Crippen molar-refractivity contribution in [3.63, 3.8) is 0 Å². The lowest BCUT2D eigenvalue weighted by atomic mass is 10.2. The molecule has 9 heteroatoms. The number of rotatable bonds is 4. The summed E-state index contributed by atoms with van der Waals surface area (Å²) in [7, 11) is 0. The number of carbonyl (C=O) groups excluding carboxylic acids is 1. The van der Waals surface area contributed by atoms with Crippen LogP contribution in [0.5, 0.6) is 0 Å². The Bertz CT molecular complexity index is 1250. The van der Waals surface area contributed by atoms with Gasteiger partial charge in [0.05, 0.1) is 11.0 Å². The number of carbonyl (C=O) groups is 1. The highest BCUT2D eigenvalue weighted by Crippen LogP contribution is 2.35. The molecular weight excluding hydrogens is 380 g/mol. The normalized spacial score (nSPS) is 13.8. The number of aromatic amines is 2. The third kappa shape index (κ3) is 2.97. The second-order valence-corrected chi connectivity index (χ2v) is 7.17. The summed E-state index contributed by atoms with van der Waals surface area (Å²) in [6, 6.07) is 12.5. The predicted octanol–water partition coefficient (Wildman–Crippen LogP) is 3.36. The van der Waals surface area contributed by atoms with E-state index in [0.29, 0.717) is 21.9 Å². The van der Waals surface area contributed by atoms with Gasteiger partial charge in [-0.3, -0.25) is 19.8 Å². The molecule has 2 aromatic heterocycles. The third-order valence-electron chi connectivity index (χ3n) is 4.72. The molecular formula is C19H15ClN6O2. The van der Waals surface area contributed by atoms with Crippen LogP contribution in [0.1, 0.15) is 29.2 Å². The van der Waals surface area contributed by atoms with E-state index < -0.39 is 0 Å². The summed E-state index contributed by atoms with van der Waals surface area (Å²) in [6.07, 6.45) is 2.02. The molecule has 4 aromatic rings. The SMILES string of the molecule is O=C(Nc1n[nH]c(-c2ccc(Cl)cc2)n1)c1ccc2c(c1)[nH]c(=O)n2C1CC1. The molecule has 0 atom stereocenters. The number of H-pyrrole nitrogens is 2. The zero-order valence-electron chi connectivity index (χ0n) is 14.6. The molecule has 1 fully saturated rings. The molecule has 5 rings (SSSR count). The van der Waals surface area contributed by atoms with Crippen LogP contribution in [0, 0.1) is 0 Å². The van der Waals surface area contributed by atoms with E-state index in [1.165, 1.54) is 0 Å². The van der Waals surface area contributed by atoms with E-state index >= 15 is 0 Å². The first-order chi connectivity index (χ1) is 13.6. The summed E-state index contributed by atoms with van der Waals surface area (Å²) in [6.45, 7) is 0. The highest BCUT2D eigenvalue weighted by Gasteiger charge is 2.27. The molecule has 0 aliphatic heterocycles. The molecule has 1 saturated carbocycles. The van der Waals surface area contributed by atoms with Crippen molar-refractivity contribution in [2.75, 3.05) is 5.32 Å². The summed E-state index contributed by atoms with van der Waals surface area (Å²) in [4.78, 5) is 31.8. The van der Waals surface area contributed by atoms with Gasteiger partial charge in [0, 0.05) is 22.2 Å². The Hall–Kier alpha value is -3.39. The minimum atomic E-state index is -0.358. The number of halogens is 1. The second-order valence-electron chi connectivity index (χ2n) is 6.73. The molecule has 0 spiro atoms. The molecule has 0 saturated heterocycles. The molecule has 28 heavy (non-hydrogen) atoms. The van der Waals surface area contributed by atoms with Gasteiger partial charge in [0.2, 0.25) is 5.95 Å². The zero-order valence-corrected chi connectivity index (χ0v) is 15.3. The first-order valence-electron chi connectivity index (χ1n) is 8.82. The molecule has 0 bridgehead atoms. The minimum absolute atomic E-state index is 0.142. The number of anilines is 1. The number of imidazole rings is 1. The van der Waals surface area contributed by atoms with Crippen molar-refractivity contribution in [1.82, 2.24) is 24.7 Å². The number of hydrogen-bond acceptors (Lipinski definition) is 4. The van der Waals surface area contributed by atoms with Crippen molar-refractivity contribution in [3.05, 3.63) is 63.5 Å². The maximum absolute atomic E-state index is 12.6. The minimum Gasteiger partial charge on any atom is -0.306 e. The number of nitrogens with zero attached hydrogens (tertiary/aromatic N) is 3. The van der Waals surface area contributed by atoms with Crippen LogP contribution in [-0.4, -0.2) is 30.6 Å². The highest BCUT2D eigenvalue weighted by molar-refractivity contribution is 6.30. The van der Waals surface area contributed by atoms with Crippen LogP contribution >= 0.6 is 11.6 Å². The summed E-state index contributed by atoms with van der Waals surface area (Å²) in [5.74, 6) is 0.330. The molecule has 8 nitrogen and oxygen atoms in total. The van der Waals surface area contributed by atoms with Gasteiger partial charge >= 0.3 is 5.69 Å². The van der Waals surface area contributed by atoms with Gasteiger partial charge in [0.1, 0.15) is 0 Å². The van der Waals surface area contributed by atoms with E-state index in [1.54, 1.807) is 34.9 Å². The topological polar surface area (TPSA) is 108 Å². The highest BCUT2D eigenvalue weighted by atomic mass is 35.5. The molecule has 2 heterocycles. The molecule has 140 valence electrons.